The highest BCUT2D eigenvalue weighted by molar-refractivity contribution is 5.81. The quantitative estimate of drug-likeness (QED) is 0.864. The maximum absolute atomic E-state index is 11.6. The smallest absolute Gasteiger partial charge is 0.222 e. The van der Waals surface area contributed by atoms with Crippen LogP contribution in [0.25, 0.3) is 11.2 Å². The number of carbonyl (C=O) groups excluding carboxylic acids is 1. The second-order valence-electron chi connectivity index (χ2n) is 6.22. The Morgan fingerprint density at radius 2 is 2.22 bits per heavy atom. The zero-order chi connectivity index (χ0) is 16.4. The van der Waals surface area contributed by atoms with Crippen LogP contribution in [0, 0.1) is 0 Å². The fourth-order valence-electron chi connectivity index (χ4n) is 3.06. The summed E-state index contributed by atoms with van der Waals surface area (Å²) in [6.45, 7) is 2.92. The van der Waals surface area contributed by atoms with Crippen molar-refractivity contribution in [2.75, 3.05) is 39.5 Å². The van der Waals surface area contributed by atoms with E-state index in [2.05, 4.69) is 24.4 Å². The zero-order valence-corrected chi connectivity index (χ0v) is 13.6. The number of hydrogen-bond donors (Lipinski definition) is 1. The lowest BCUT2D eigenvalue weighted by Gasteiger charge is -2.17. The molecular formula is C15H23N7O. The van der Waals surface area contributed by atoms with Gasteiger partial charge in [-0.2, -0.15) is 0 Å². The summed E-state index contributed by atoms with van der Waals surface area (Å²) in [5.41, 5.74) is 7.31. The van der Waals surface area contributed by atoms with Gasteiger partial charge in [0.05, 0.1) is 12.4 Å². The van der Waals surface area contributed by atoms with E-state index in [0.29, 0.717) is 23.8 Å². The Kier molecular flexibility index (Phi) is 4.42. The molecule has 8 heteroatoms. The Morgan fingerprint density at radius 3 is 3.00 bits per heavy atom. The number of nitrogens with zero attached hydrogens (tertiary/aromatic N) is 6. The van der Waals surface area contributed by atoms with Crippen molar-refractivity contribution in [3.63, 3.8) is 0 Å². The number of amides is 1. The van der Waals surface area contributed by atoms with E-state index in [4.69, 9.17) is 5.73 Å². The molecule has 1 saturated heterocycles. The van der Waals surface area contributed by atoms with E-state index in [1.54, 1.807) is 25.3 Å². The molecule has 1 amide bonds. The number of nitrogens with two attached hydrogens (primary N) is 1. The number of nitrogen functional groups attached to an aromatic ring is 1. The second-order valence-corrected chi connectivity index (χ2v) is 6.22. The molecule has 0 bridgehead atoms. The number of anilines is 1. The summed E-state index contributed by atoms with van der Waals surface area (Å²) in [7, 11) is 3.60. The van der Waals surface area contributed by atoms with Gasteiger partial charge in [0.2, 0.25) is 5.91 Å². The van der Waals surface area contributed by atoms with Gasteiger partial charge >= 0.3 is 0 Å². The molecule has 1 unspecified atom stereocenters. The van der Waals surface area contributed by atoms with Crippen molar-refractivity contribution >= 4 is 22.9 Å². The fraction of sp³-hybridized carbons (Fsp3) is 0.600. The third-order valence-electron chi connectivity index (χ3n) is 4.39. The molecule has 1 aliphatic rings. The molecule has 1 fully saturated rings. The zero-order valence-electron chi connectivity index (χ0n) is 13.6. The number of likely N-dealkylation sites (tertiary alicyclic amines) is 1. The highest BCUT2D eigenvalue weighted by Gasteiger charge is 2.25. The molecule has 1 atom stereocenters. The van der Waals surface area contributed by atoms with Crippen molar-refractivity contribution in [1.29, 1.82) is 0 Å². The number of aromatic nitrogens is 4. The first kappa shape index (κ1) is 15.7. The van der Waals surface area contributed by atoms with Crippen molar-refractivity contribution < 1.29 is 4.79 Å². The van der Waals surface area contributed by atoms with E-state index < -0.39 is 0 Å². The molecule has 0 saturated carbocycles. The highest BCUT2D eigenvalue weighted by Crippen LogP contribution is 2.26. The van der Waals surface area contributed by atoms with Crippen LogP contribution in [0.4, 0.5) is 5.82 Å². The molecule has 8 nitrogen and oxygen atoms in total. The van der Waals surface area contributed by atoms with E-state index in [0.717, 1.165) is 38.1 Å². The minimum Gasteiger partial charge on any atom is -0.382 e. The standard InChI is InChI=1S/C15H23N7O/c1-20(2)12(23)4-3-6-21-7-5-11(8-21)22-10-19-13-14(16)17-9-18-15(13)22/h9-11H,3-8H2,1-2H3,(H2,16,17,18). The molecule has 3 rings (SSSR count). The Balaban J connectivity index is 1.59. The highest BCUT2D eigenvalue weighted by atomic mass is 16.2. The van der Waals surface area contributed by atoms with E-state index in [9.17, 15) is 4.79 Å². The first-order valence-electron chi connectivity index (χ1n) is 7.91. The molecule has 0 radical (unpaired) electrons. The van der Waals surface area contributed by atoms with Crippen LogP contribution in [0.3, 0.4) is 0 Å². The third-order valence-corrected chi connectivity index (χ3v) is 4.39. The summed E-state index contributed by atoms with van der Waals surface area (Å²) < 4.78 is 2.10. The minimum atomic E-state index is 0.188. The molecular weight excluding hydrogens is 294 g/mol. The van der Waals surface area contributed by atoms with Crippen LogP contribution in [-0.4, -0.2) is 69.0 Å². The molecule has 1 aliphatic heterocycles. The van der Waals surface area contributed by atoms with Crippen LogP contribution in [0.15, 0.2) is 12.7 Å². The first-order valence-corrected chi connectivity index (χ1v) is 7.91. The summed E-state index contributed by atoms with van der Waals surface area (Å²) in [6, 6.07) is 0.346. The van der Waals surface area contributed by atoms with E-state index in [1.165, 1.54) is 6.33 Å². The van der Waals surface area contributed by atoms with E-state index >= 15 is 0 Å². The maximum atomic E-state index is 11.6. The fourth-order valence-corrected chi connectivity index (χ4v) is 3.06. The van der Waals surface area contributed by atoms with Gasteiger partial charge in [-0.25, -0.2) is 15.0 Å². The van der Waals surface area contributed by atoms with Gasteiger partial charge < -0.3 is 20.1 Å². The summed E-state index contributed by atoms with van der Waals surface area (Å²) in [5, 5.41) is 0. The Bertz CT molecular complexity index is 696. The molecule has 0 spiro atoms. The second kappa shape index (κ2) is 6.49. The van der Waals surface area contributed by atoms with Crippen LogP contribution in [0.5, 0.6) is 0 Å². The van der Waals surface area contributed by atoms with Gasteiger partial charge in [-0.15, -0.1) is 0 Å². The van der Waals surface area contributed by atoms with Gasteiger partial charge in [-0.1, -0.05) is 0 Å². The van der Waals surface area contributed by atoms with Crippen LogP contribution < -0.4 is 5.73 Å². The number of carbonyl (C=O) groups is 1. The summed E-state index contributed by atoms with van der Waals surface area (Å²) in [5.74, 6) is 0.610. The van der Waals surface area contributed by atoms with Gasteiger partial charge in [-0.05, 0) is 19.4 Å². The molecule has 2 aromatic heterocycles. The van der Waals surface area contributed by atoms with Crippen molar-refractivity contribution in [2.24, 2.45) is 0 Å². The van der Waals surface area contributed by atoms with Crippen LogP contribution in [0.2, 0.25) is 0 Å². The Morgan fingerprint density at radius 1 is 1.39 bits per heavy atom. The first-order chi connectivity index (χ1) is 11.1. The average Bonchev–Trinajstić information content (AvgIpc) is 3.14. The van der Waals surface area contributed by atoms with E-state index in [-0.39, 0.29) is 5.91 Å². The van der Waals surface area contributed by atoms with Crippen LogP contribution >= 0.6 is 0 Å². The van der Waals surface area contributed by atoms with Crippen molar-refractivity contribution in [3.05, 3.63) is 12.7 Å². The summed E-state index contributed by atoms with van der Waals surface area (Å²) in [6.07, 6.45) is 5.83. The third kappa shape index (κ3) is 3.26. The minimum absolute atomic E-state index is 0.188. The van der Waals surface area contributed by atoms with Crippen LogP contribution in [0.1, 0.15) is 25.3 Å². The summed E-state index contributed by atoms with van der Waals surface area (Å²) in [4.78, 5) is 28.3. The molecule has 0 aromatic carbocycles. The molecule has 0 aliphatic carbocycles. The number of fused-ring (bicyclic) bond motifs is 1. The van der Waals surface area contributed by atoms with Gasteiger partial charge in [0.25, 0.3) is 0 Å². The average molecular weight is 317 g/mol. The SMILES string of the molecule is CN(C)C(=O)CCCN1CCC(n2cnc3c(N)ncnc32)C1. The Hall–Kier alpha value is -2.22. The largest absolute Gasteiger partial charge is 0.382 e. The lowest BCUT2D eigenvalue weighted by molar-refractivity contribution is -0.128. The number of imidazole rings is 1. The van der Waals surface area contributed by atoms with Gasteiger partial charge in [0.15, 0.2) is 11.5 Å². The number of rotatable bonds is 5. The topological polar surface area (TPSA) is 93.2 Å². The molecule has 3 heterocycles. The van der Waals surface area contributed by atoms with Crippen LogP contribution in [-0.2, 0) is 4.79 Å². The lowest BCUT2D eigenvalue weighted by atomic mass is 10.2. The molecule has 2 N–H and O–H groups in total. The Labute approximate surface area is 135 Å². The van der Waals surface area contributed by atoms with Gasteiger partial charge in [-0.3, -0.25) is 4.79 Å². The normalized spacial score (nSPS) is 18.6. The predicted molar refractivity (Wildman–Crippen MR) is 87.8 cm³/mol. The molecule has 23 heavy (non-hydrogen) atoms. The summed E-state index contributed by atoms with van der Waals surface area (Å²) >= 11 is 0. The van der Waals surface area contributed by atoms with Crippen molar-refractivity contribution in [2.45, 2.75) is 25.3 Å². The molecule has 2 aromatic rings. The maximum Gasteiger partial charge on any atom is 0.222 e. The monoisotopic (exact) mass is 317 g/mol. The van der Waals surface area contributed by atoms with Gasteiger partial charge in [0, 0.05) is 33.6 Å². The molecule has 124 valence electrons. The number of hydrogen-bond acceptors (Lipinski definition) is 6. The van der Waals surface area contributed by atoms with Gasteiger partial charge in [0.1, 0.15) is 11.8 Å². The predicted octanol–water partition coefficient (Wildman–Crippen LogP) is 0.524. The lowest BCUT2D eigenvalue weighted by Crippen LogP contribution is -2.26. The van der Waals surface area contributed by atoms with Crippen molar-refractivity contribution in [3.8, 4) is 0 Å². The van der Waals surface area contributed by atoms with Crippen molar-refractivity contribution in [1.82, 2.24) is 29.3 Å². The van der Waals surface area contributed by atoms with E-state index in [1.807, 2.05) is 0 Å².